The molecule has 0 aromatic heterocycles. The van der Waals surface area contributed by atoms with E-state index in [-0.39, 0.29) is 17.0 Å². The van der Waals surface area contributed by atoms with Gasteiger partial charge < -0.3 is 14.6 Å². The van der Waals surface area contributed by atoms with Crippen LogP contribution in [0.5, 0.6) is 0 Å². The Labute approximate surface area is 98.7 Å². The quantitative estimate of drug-likeness (QED) is 0.810. The summed E-state index contributed by atoms with van der Waals surface area (Å²) < 4.78 is 23.2. The summed E-state index contributed by atoms with van der Waals surface area (Å²) >= 11 is 5.83. The van der Waals surface area contributed by atoms with Crippen molar-refractivity contribution in [2.75, 3.05) is 14.2 Å². The molecule has 5 heteroatoms. The number of ether oxygens (including phenoxy) is 2. The molecule has 1 unspecified atom stereocenters. The van der Waals surface area contributed by atoms with Crippen LogP contribution >= 0.6 is 11.6 Å². The van der Waals surface area contributed by atoms with E-state index in [1.54, 1.807) is 6.07 Å². The number of hydrogen-bond donors (Lipinski definition) is 1. The minimum Gasteiger partial charge on any atom is -0.387 e. The minimum absolute atomic E-state index is 0.0395. The minimum atomic E-state index is -0.968. The zero-order valence-electron chi connectivity index (χ0n) is 9.11. The number of benzene rings is 1. The van der Waals surface area contributed by atoms with Gasteiger partial charge in [-0.25, -0.2) is 4.39 Å². The first-order valence-electron chi connectivity index (χ1n) is 4.76. The second-order valence-electron chi connectivity index (χ2n) is 3.31. The average Bonchev–Trinajstić information content (AvgIpc) is 2.25. The highest BCUT2D eigenvalue weighted by Crippen LogP contribution is 2.21. The molecule has 0 heterocycles. The Morgan fingerprint density at radius 1 is 1.38 bits per heavy atom. The Kier molecular flexibility index (Phi) is 5.15. The van der Waals surface area contributed by atoms with Crippen LogP contribution in [0.15, 0.2) is 18.2 Å². The molecular formula is C11H14ClFO3. The molecule has 0 aliphatic rings. The van der Waals surface area contributed by atoms with E-state index in [1.807, 2.05) is 0 Å². The third kappa shape index (κ3) is 3.15. The highest BCUT2D eigenvalue weighted by molar-refractivity contribution is 6.31. The van der Waals surface area contributed by atoms with Gasteiger partial charge in [0.15, 0.2) is 6.29 Å². The molecule has 3 nitrogen and oxygen atoms in total. The van der Waals surface area contributed by atoms with Gasteiger partial charge in [-0.3, -0.25) is 0 Å². The van der Waals surface area contributed by atoms with E-state index < -0.39 is 18.2 Å². The lowest BCUT2D eigenvalue weighted by Gasteiger charge is -2.20. The van der Waals surface area contributed by atoms with Crippen molar-refractivity contribution in [3.63, 3.8) is 0 Å². The van der Waals surface area contributed by atoms with E-state index >= 15 is 0 Å². The molecule has 0 fully saturated rings. The van der Waals surface area contributed by atoms with E-state index in [0.717, 1.165) is 0 Å². The van der Waals surface area contributed by atoms with Crippen molar-refractivity contribution in [3.8, 4) is 0 Å². The van der Waals surface area contributed by atoms with E-state index in [0.29, 0.717) is 0 Å². The van der Waals surface area contributed by atoms with Gasteiger partial charge >= 0.3 is 0 Å². The van der Waals surface area contributed by atoms with Crippen molar-refractivity contribution >= 4 is 11.6 Å². The van der Waals surface area contributed by atoms with Crippen molar-refractivity contribution in [1.82, 2.24) is 0 Å². The lowest BCUT2D eigenvalue weighted by Crippen LogP contribution is -2.31. The summed E-state index contributed by atoms with van der Waals surface area (Å²) in [6.07, 6.45) is -1.72. The zero-order valence-corrected chi connectivity index (χ0v) is 9.87. The Balaban J connectivity index is 2.80. The predicted molar refractivity (Wildman–Crippen MR) is 58.9 cm³/mol. The molecule has 16 heavy (non-hydrogen) atoms. The largest absolute Gasteiger partial charge is 0.387 e. The van der Waals surface area contributed by atoms with Crippen molar-refractivity contribution in [2.45, 2.75) is 18.8 Å². The molecule has 0 aliphatic heterocycles. The maximum Gasteiger partial charge on any atom is 0.183 e. The smallest absolute Gasteiger partial charge is 0.183 e. The number of aliphatic hydroxyl groups excluding tert-OH is 1. The molecule has 0 spiro atoms. The lowest BCUT2D eigenvalue weighted by molar-refractivity contribution is -0.163. The fourth-order valence-electron chi connectivity index (χ4n) is 1.44. The standard InChI is InChI=1S/C11H14ClFO3/c1-15-11(16-2)10(14)6-7-8(12)4-3-5-9(7)13/h3-5,10-11,14H,6H2,1-2H3. The van der Waals surface area contributed by atoms with Gasteiger partial charge in [0.2, 0.25) is 0 Å². The maximum atomic E-state index is 13.4. The Hall–Kier alpha value is -0.680. The zero-order chi connectivity index (χ0) is 12.1. The number of hydrogen-bond acceptors (Lipinski definition) is 3. The highest BCUT2D eigenvalue weighted by Gasteiger charge is 2.21. The molecule has 0 aliphatic carbocycles. The molecule has 0 saturated heterocycles. The summed E-state index contributed by atoms with van der Waals surface area (Å²) in [7, 11) is 2.81. The summed E-state index contributed by atoms with van der Waals surface area (Å²) in [5.74, 6) is -0.447. The summed E-state index contributed by atoms with van der Waals surface area (Å²) in [6, 6.07) is 4.38. The van der Waals surface area contributed by atoms with Crippen molar-refractivity contribution in [1.29, 1.82) is 0 Å². The normalized spacial score (nSPS) is 13.1. The molecule has 1 rings (SSSR count). The molecule has 0 radical (unpaired) electrons. The van der Waals surface area contributed by atoms with Gasteiger partial charge in [-0.1, -0.05) is 17.7 Å². The van der Waals surface area contributed by atoms with Crippen LogP contribution in [0.3, 0.4) is 0 Å². The fraction of sp³-hybridized carbons (Fsp3) is 0.455. The fourth-order valence-corrected chi connectivity index (χ4v) is 1.68. The van der Waals surface area contributed by atoms with E-state index in [9.17, 15) is 9.50 Å². The van der Waals surface area contributed by atoms with Crippen LogP contribution < -0.4 is 0 Å². The third-order valence-corrected chi connectivity index (χ3v) is 2.61. The van der Waals surface area contributed by atoms with Crippen LogP contribution in [-0.4, -0.2) is 31.7 Å². The lowest BCUT2D eigenvalue weighted by atomic mass is 10.1. The first-order valence-corrected chi connectivity index (χ1v) is 5.14. The maximum absolute atomic E-state index is 13.4. The Morgan fingerprint density at radius 3 is 2.50 bits per heavy atom. The molecular weight excluding hydrogens is 235 g/mol. The van der Waals surface area contributed by atoms with Crippen LogP contribution in [-0.2, 0) is 15.9 Å². The van der Waals surface area contributed by atoms with Crippen molar-refractivity contribution in [2.24, 2.45) is 0 Å². The SMILES string of the molecule is COC(OC)C(O)Cc1c(F)cccc1Cl. The number of methoxy groups -OCH3 is 2. The van der Waals surface area contributed by atoms with Gasteiger partial charge in [-0.15, -0.1) is 0 Å². The van der Waals surface area contributed by atoms with Gasteiger partial charge in [0.1, 0.15) is 11.9 Å². The van der Waals surface area contributed by atoms with Crippen LogP contribution in [0.1, 0.15) is 5.56 Å². The summed E-state index contributed by atoms with van der Waals surface area (Å²) in [4.78, 5) is 0. The topological polar surface area (TPSA) is 38.7 Å². The van der Waals surface area contributed by atoms with Gasteiger partial charge in [0, 0.05) is 31.2 Å². The number of rotatable bonds is 5. The Bertz CT molecular complexity index is 322. The molecule has 0 saturated carbocycles. The van der Waals surface area contributed by atoms with E-state index in [2.05, 4.69) is 0 Å². The number of halogens is 2. The third-order valence-electron chi connectivity index (χ3n) is 2.25. The van der Waals surface area contributed by atoms with Gasteiger partial charge in [0.25, 0.3) is 0 Å². The second-order valence-corrected chi connectivity index (χ2v) is 3.72. The van der Waals surface area contributed by atoms with E-state index in [1.165, 1.54) is 26.4 Å². The van der Waals surface area contributed by atoms with E-state index in [4.69, 9.17) is 21.1 Å². The monoisotopic (exact) mass is 248 g/mol. The van der Waals surface area contributed by atoms with Gasteiger partial charge in [-0.05, 0) is 12.1 Å². The summed E-state index contributed by atoms with van der Waals surface area (Å²) in [6.45, 7) is 0. The van der Waals surface area contributed by atoms with Crippen LogP contribution in [0, 0.1) is 5.82 Å². The molecule has 1 atom stereocenters. The van der Waals surface area contributed by atoms with Crippen LogP contribution in [0.4, 0.5) is 4.39 Å². The molecule has 1 aromatic carbocycles. The first-order chi connectivity index (χ1) is 7.60. The predicted octanol–water partition coefficient (Wildman–Crippen LogP) is 2.00. The van der Waals surface area contributed by atoms with Crippen LogP contribution in [0.2, 0.25) is 5.02 Å². The van der Waals surface area contributed by atoms with Gasteiger partial charge in [0.05, 0.1) is 0 Å². The molecule has 0 bridgehead atoms. The summed E-state index contributed by atoms with van der Waals surface area (Å²) in [5, 5.41) is 10.0. The first kappa shape index (κ1) is 13.4. The second kappa shape index (κ2) is 6.15. The molecule has 90 valence electrons. The molecule has 0 amide bonds. The average molecular weight is 249 g/mol. The Morgan fingerprint density at radius 2 is 2.00 bits per heavy atom. The molecule has 1 aromatic rings. The van der Waals surface area contributed by atoms with Crippen molar-refractivity contribution < 1.29 is 19.0 Å². The van der Waals surface area contributed by atoms with Gasteiger partial charge in [-0.2, -0.15) is 0 Å². The number of aliphatic hydroxyl groups is 1. The van der Waals surface area contributed by atoms with Crippen LogP contribution in [0.25, 0.3) is 0 Å². The van der Waals surface area contributed by atoms with Crippen molar-refractivity contribution in [3.05, 3.63) is 34.6 Å². The highest BCUT2D eigenvalue weighted by atomic mass is 35.5. The molecule has 1 N–H and O–H groups in total. The summed E-state index contributed by atoms with van der Waals surface area (Å²) in [5.41, 5.74) is 0.260.